The van der Waals surface area contributed by atoms with Crippen LogP contribution in [0.25, 0.3) is 0 Å². The van der Waals surface area contributed by atoms with Crippen LogP contribution in [-0.2, 0) is 10.4 Å². The zero-order valence-electron chi connectivity index (χ0n) is 12.2. The average Bonchev–Trinajstić information content (AvgIpc) is 3.28. The van der Waals surface area contributed by atoms with Crippen molar-refractivity contribution in [3.63, 3.8) is 0 Å². The zero-order chi connectivity index (χ0) is 16.2. The second kappa shape index (κ2) is 6.56. The second-order valence-electron chi connectivity index (χ2n) is 5.09. The number of halogens is 3. The molecule has 0 saturated carbocycles. The molecular weight excluding hydrogens is 297 g/mol. The number of carbonyl (C=O) groups is 1. The maximum absolute atomic E-state index is 12.8. The lowest BCUT2D eigenvalue weighted by molar-refractivity contribution is -0.166. The van der Waals surface area contributed by atoms with Crippen LogP contribution in [-0.4, -0.2) is 25.2 Å². The maximum atomic E-state index is 12.8. The Balaban J connectivity index is 1.91. The van der Waals surface area contributed by atoms with Crippen LogP contribution in [0.4, 0.5) is 13.2 Å². The first kappa shape index (κ1) is 16.6. The van der Waals surface area contributed by atoms with E-state index in [1.165, 1.54) is 24.3 Å². The molecule has 0 aromatic heterocycles. The Kier molecular flexibility index (Phi) is 4.95. The number of ketones is 1. The smallest absolute Gasteiger partial charge is 0.381 e. The fourth-order valence-corrected chi connectivity index (χ4v) is 2.06. The van der Waals surface area contributed by atoms with E-state index in [2.05, 4.69) is 10.2 Å². The molecule has 2 rings (SSSR count). The Bertz CT molecular complexity index is 547. The number of nitrogens with zero attached hydrogens (tertiary/aromatic N) is 2. The molecule has 0 spiro atoms. The van der Waals surface area contributed by atoms with Crippen LogP contribution in [0.1, 0.15) is 42.1 Å². The van der Waals surface area contributed by atoms with Gasteiger partial charge in [0.2, 0.25) is 0 Å². The number of hydrogen-bond donors (Lipinski definition) is 0. The van der Waals surface area contributed by atoms with Crippen molar-refractivity contribution in [2.24, 2.45) is 10.2 Å². The summed E-state index contributed by atoms with van der Waals surface area (Å²) in [6, 6.07) is 5.30. The summed E-state index contributed by atoms with van der Waals surface area (Å²) in [5.41, 5.74) is -2.11. The molecule has 22 heavy (non-hydrogen) atoms. The summed E-state index contributed by atoms with van der Waals surface area (Å²) in [5.74, 6) is -0.114. The molecule has 0 N–H and O–H groups in total. The van der Waals surface area contributed by atoms with Crippen LogP contribution in [0.5, 0.6) is 0 Å². The highest BCUT2D eigenvalue weighted by Gasteiger charge is 2.65. The summed E-state index contributed by atoms with van der Waals surface area (Å²) in [5, 5.41) is 6.25. The minimum atomic E-state index is -4.55. The van der Waals surface area contributed by atoms with E-state index in [4.69, 9.17) is 4.74 Å². The first-order valence-corrected chi connectivity index (χ1v) is 7.13. The van der Waals surface area contributed by atoms with Gasteiger partial charge in [-0.05, 0) is 12.8 Å². The number of ether oxygens (including phenoxy) is 1. The fraction of sp³-hybridized carbons (Fsp3) is 0.533. The normalized spacial score (nSPS) is 15.8. The molecule has 7 heteroatoms. The van der Waals surface area contributed by atoms with Gasteiger partial charge in [0.1, 0.15) is 0 Å². The van der Waals surface area contributed by atoms with Crippen molar-refractivity contribution in [2.75, 3.05) is 13.2 Å². The number of benzene rings is 1. The predicted octanol–water partition coefficient (Wildman–Crippen LogP) is 4.26. The van der Waals surface area contributed by atoms with Gasteiger partial charge in [-0.1, -0.05) is 31.2 Å². The van der Waals surface area contributed by atoms with E-state index in [9.17, 15) is 18.0 Å². The molecule has 1 aliphatic rings. The molecule has 0 radical (unpaired) electrons. The number of hydrogen-bond acceptors (Lipinski definition) is 4. The third kappa shape index (κ3) is 3.52. The van der Waals surface area contributed by atoms with E-state index in [0.29, 0.717) is 31.6 Å². The molecule has 1 aliphatic heterocycles. The Morgan fingerprint density at radius 3 is 2.32 bits per heavy atom. The summed E-state index contributed by atoms with van der Waals surface area (Å²) in [7, 11) is 0. The molecule has 120 valence electrons. The lowest BCUT2D eigenvalue weighted by atomic mass is 9.99. The van der Waals surface area contributed by atoms with Crippen molar-refractivity contribution in [1.82, 2.24) is 0 Å². The van der Waals surface area contributed by atoms with E-state index in [1.807, 2.05) is 6.92 Å². The van der Waals surface area contributed by atoms with Gasteiger partial charge in [-0.15, -0.1) is 10.2 Å². The molecule has 0 amide bonds. The maximum Gasteiger partial charge on any atom is 0.442 e. The lowest BCUT2D eigenvalue weighted by Crippen LogP contribution is -2.30. The van der Waals surface area contributed by atoms with Gasteiger partial charge >= 0.3 is 11.8 Å². The molecule has 1 heterocycles. The highest BCUT2D eigenvalue weighted by molar-refractivity contribution is 5.96. The summed E-state index contributed by atoms with van der Waals surface area (Å²) in [4.78, 5) is 11.9. The molecule has 0 atom stereocenters. The molecule has 1 aromatic rings. The van der Waals surface area contributed by atoms with E-state index >= 15 is 0 Å². The van der Waals surface area contributed by atoms with Gasteiger partial charge in [0.05, 0.1) is 0 Å². The van der Waals surface area contributed by atoms with Crippen LogP contribution < -0.4 is 0 Å². The zero-order valence-corrected chi connectivity index (χ0v) is 12.2. The van der Waals surface area contributed by atoms with Crippen molar-refractivity contribution in [2.45, 2.75) is 38.0 Å². The molecular formula is C15H17F3N2O2. The van der Waals surface area contributed by atoms with E-state index in [0.717, 1.165) is 6.42 Å². The molecule has 0 fully saturated rings. The number of rotatable bonds is 8. The topological polar surface area (TPSA) is 51.0 Å². The average molecular weight is 314 g/mol. The third-order valence-electron chi connectivity index (χ3n) is 3.35. The van der Waals surface area contributed by atoms with Crippen LogP contribution >= 0.6 is 0 Å². The van der Waals surface area contributed by atoms with Gasteiger partial charge in [-0.25, -0.2) is 0 Å². The third-order valence-corrected chi connectivity index (χ3v) is 3.35. The molecule has 1 aromatic carbocycles. The summed E-state index contributed by atoms with van der Waals surface area (Å²) >= 11 is 0. The molecule has 0 bridgehead atoms. The lowest BCUT2D eigenvalue weighted by Gasteiger charge is -2.14. The fourth-order valence-electron chi connectivity index (χ4n) is 2.06. The predicted molar refractivity (Wildman–Crippen MR) is 73.7 cm³/mol. The molecule has 0 aliphatic carbocycles. The summed E-state index contributed by atoms with van der Waals surface area (Å²) in [6.07, 6.45) is -2.72. The standard InChI is InChI=1S/C15H17F3N2O2/c1-2-9-22-10-3-4-13(21)11-5-7-12(8-6-11)14(19-20-14)15(16,17)18/h5-8H,2-4,9-10H2,1H3. The Labute approximate surface area is 126 Å². The largest absolute Gasteiger partial charge is 0.442 e. The summed E-state index contributed by atoms with van der Waals surface area (Å²) < 4.78 is 43.8. The Morgan fingerprint density at radius 2 is 1.82 bits per heavy atom. The van der Waals surface area contributed by atoms with Gasteiger partial charge < -0.3 is 4.74 Å². The van der Waals surface area contributed by atoms with Crippen LogP contribution in [0.2, 0.25) is 0 Å². The highest BCUT2D eigenvalue weighted by Crippen LogP contribution is 2.52. The van der Waals surface area contributed by atoms with Gasteiger partial charge in [0, 0.05) is 30.8 Å². The van der Waals surface area contributed by atoms with Crippen molar-refractivity contribution >= 4 is 5.78 Å². The van der Waals surface area contributed by atoms with Crippen molar-refractivity contribution in [3.05, 3.63) is 35.4 Å². The number of alkyl halides is 3. The first-order valence-electron chi connectivity index (χ1n) is 7.13. The van der Waals surface area contributed by atoms with Gasteiger partial charge in [0.25, 0.3) is 0 Å². The first-order chi connectivity index (χ1) is 10.4. The van der Waals surface area contributed by atoms with Crippen LogP contribution in [0.3, 0.4) is 0 Å². The van der Waals surface area contributed by atoms with Crippen molar-refractivity contribution < 1.29 is 22.7 Å². The number of carbonyl (C=O) groups excluding carboxylic acids is 1. The van der Waals surface area contributed by atoms with E-state index in [-0.39, 0.29) is 11.3 Å². The monoisotopic (exact) mass is 314 g/mol. The molecule has 4 nitrogen and oxygen atoms in total. The number of Topliss-reactive ketones (excluding diaryl/α,β-unsaturated/α-hetero) is 1. The molecule has 0 unspecified atom stereocenters. The van der Waals surface area contributed by atoms with Gasteiger partial charge in [0.15, 0.2) is 5.78 Å². The Morgan fingerprint density at radius 1 is 1.18 bits per heavy atom. The quantitative estimate of drug-likeness (QED) is 0.532. The Hall–Kier alpha value is -1.76. The van der Waals surface area contributed by atoms with Crippen LogP contribution in [0.15, 0.2) is 34.5 Å². The van der Waals surface area contributed by atoms with Crippen LogP contribution in [0, 0.1) is 0 Å². The summed E-state index contributed by atoms with van der Waals surface area (Å²) in [6.45, 7) is 3.17. The second-order valence-corrected chi connectivity index (χ2v) is 5.09. The molecule has 0 saturated heterocycles. The van der Waals surface area contributed by atoms with Gasteiger partial charge in [-0.2, -0.15) is 13.2 Å². The highest BCUT2D eigenvalue weighted by atomic mass is 19.4. The SMILES string of the molecule is CCCOCCCC(=O)c1ccc(C2(C(F)(F)F)N=N2)cc1. The minimum Gasteiger partial charge on any atom is -0.381 e. The van der Waals surface area contributed by atoms with E-state index in [1.54, 1.807) is 0 Å². The van der Waals surface area contributed by atoms with Gasteiger partial charge in [-0.3, -0.25) is 4.79 Å². The van der Waals surface area contributed by atoms with Crippen molar-refractivity contribution in [1.29, 1.82) is 0 Å². The minimum absolute atomic E-state index is 0.0668. The van der Waals surface area contributed by atoms with Crippen molar-refractivity contribution in [3.8, 4) is 0 Å². The van der Waals surface area contributed by atoms with E-state index < -0.39 is 11.8 Å².